The molecule has 2 atom stereocenters. The van der Waals surface area contributed by atoms with Crippen LogP contribution in [0.2, 0.25) is 0 Å². The molecule has 126 valence electrons. The average molecular weight is 331 g/mol. The Hall–Kier alpha value is -2.31. The SMILES string of the molecule is N[C@@H]1CN(CC(=O)Nc2ccc(F)c(F)c2)C[C@H]1c1ccccc1. The monoisotopic (exact) mass is 331 g/mol. The van der Waals surface area contributed by atoms with Crippen LogP contribution in [-0.4, -0.2) is 36.5 Å². The van der Waals surface area contributed by atoms with Crippen LogP contribution in [-0.2, 0) is 4.79 Å². The normalized spacial score (nSPS) is 21.0. The number of anilines is 1. The van der Waals surface area contributed by atoms with Crippen molar-refractivity contribution in [2.24, 2.45) is 5.73 Å². The number of rotatable bonds is 4. The number of halogens is 2. The number of nitrogens with one attached hydrogen (secondary N) is 1. The topological polar surface area (TPSA) is 58.4 Å². The minimum atomic E-state index is -0.986. The van der Waals surface area contributed by atoms with Crippen LogP contribution in [0.15, 0.2) is 48.5 Å². The lowest BCUT2D eigenvalue weighted by Crippen LogP contribution is -2.33. The summed E-state index contributed by atoms with van der Waals surface area (Å²) in [5.41, 5.74) is 7.60. The van der Waals surface area contributed by atoms with Gasteiger partial charge in [0.2, 0.25) is 5.91 Å². The molecule has 3 N–H and O–H groups in total. The zero-order valence-electron chi connectivity index (χ0n) is 13.1. The van der Waals surface area contributed by atoms with E-state index in [0.29, 0.717) is 13.1 Å². The van der Waals surface area contributed by atoms with E-state index in [9.17, 15) is 13.6 Å². The summed E-state index contributed by atoms with van der Waals surface area (Å²) in [6.45, 7) is 1.47. The minimum Gasteiger partial charge on any atom is -0.326 e. The van der Waals surface area contributed by atoms with Gasteiger partial charge in [-0.05, 0) is 17.7 Å². The smallest absolute Gasteiger partial charge is 0.238 e. The minimum absolute atomic E-state index is 0.0385. The molecule has 1 heterocycles. The van der Waals surface area contributed by atoms with Crippen molar-refractivity contribution in [2.75, 3.05) is 25.0 Å². The van der Waals surface area contributed by atoms with Crippen molar-refractivity contribution in [1.82, 2.24) is 4.90 Å². The zero-order chi connectivity index (χ0) is 17.1. The van der Waals surface area contributed by atoms with Gasteiger partial charge in [-0.3, -0.25) is 9.69 Å². The molecule has 1 aliphatic rings. The first-order chi connectivity index (χ1) is 11.5. The molecule has 1 fully saturated rings. The van der Waals surface area contributed by atoms with E-state index in [1.807, 2.05) is 35.2 Å². The van der Waals surface area contributed by atoms with Crippen LogP contribution in [0.1, 0.15) is 11.5 Å². The third-order valence-corrected chi connectivity index (χ3v) is 4.24. The Morgan fingerprint density at radius 1 is 1.12 bits per heavy atom. The second-order valence-corrected chi connectivity index (χ2v) is 6.05. The van der Waals surface area contributed by atoms with Crippen LogP contribution in [0.25, 0.3) is 0 Å². The number of carbonyl (C=O) groups excluding carboxylic acids is 1. The molecule has 0 bridgehead atoms. The summed E-state index contributed by atoms with van der Waals surface area (Å²) in [4.78, 5) is 14.1. The van der Waals surface area contributed by atoms with Gasteiger partial charge in [-0.15, -0.1) is 0 Å². The van der Waals surface area contributed by atoms with Gasteiger partial charge in [-0.1, -0.05) is 30.3 Å². The fraction of sp³-hybridized carbons (Fsp3) is 0.278. The standard InChI is InChI=1S/C18H19F2N3O/c19-15-7-6-13(8-16(15)20)22-18(24)11-23-9-14(17(21)10-23)12-4-2-1-3-5-12/h1-8,14,17H,9-11,21H2,(H,22,24)/t14-,17+/m0/s1. The van der Waals surface area contributed by atoms with E-state index in [4.69, 9.17) is 5.73 Å². The third kappa shape index (κ3) is 3.77. The lowest BCUT2D eigenvalue weighted by molar-refractivity contribution is -0.117. The molecule has 4 nitrogen and oxygen atoms in total. The highest BCUT2D eigenvalue weighted by Crippen LogP contribution is 2.26. The molecule has 24 heavy (non-hydrogen) atoms. The van der Waals surface area contributed by atoms with Gasteiger partial charge >= 0.3 is 0 Å². The summed E-state index contributed by atoms with van der Waals surface area (Å²) in [6.07, 6.45) is 0. The van der Waals surface area contributed by atoms with Crippen molar-refractivity contribution in [3.63, 3.8) is 0 Å². The van der Waals surface area contributed by atoms with E-state index in [-0.39, 0.29) is 30.1 Å². The number of hydrogen-bond acceptors (Lipinski definition) is 3. The highest BCUT2D eigenvalue weighted by atomic mass is 19.2. The van der Waals surface area contributed by atoms with Crippen LogP contribution >= 0.6 is 0 Å². The largest absolute Gasteiger partial charge is 0.326 e. The summed E-state index contributed by atoms with van der Waals surface area (Å²) in [6, 6.07) is 13.2. The molecule has 0 radical (unpaired) electrons. The third-order valence-electron chi connectivity index (χ3n) is 4.24. The predicted molar refractivity (Wildman–Crippen MR) is 88.6 cm³/mol. The van der Waals surface area contributed by atoms with Crippen LogP contribution in [0.4, 0.5) is 14.5 Å². The van der Waals surface area contributed by atoms with Crippen molar-refractivity contribution in [1.29, 1.82) is 0 Å². The van der Waals surface area contributed by atoms with E-state index in [1.165, 1.54) is 6.07 Å². The van der Waals surface area contributed by atoms with Crippen molar-refractivity contribution in [3.05, 3.63) is 65.7 Å². The number of amides is 1. The van der Waals surface area contributed by atoms with E-state index >= 15 is 0 Å². The van der Waals surface area contributed by atoms with Gasteiger partial charge in [-0.25, -0.2) is 8.78 Å². The molecular formula is C18H19F2N3O. The Morgan fingerprint density at radius 3 is 2.58 bits per heavy atom. The Labute approximate surface area is 139 Å². The Morgan fingerprint density at radius 2 is 1.88 bits per heavy atom. The number of nitrogens with zero attached hydrogens (tertiary/aromatic N) is 1. The fourth-order valence-corrected chi connectivity index (χ4v) is 3.07. The number of hydrogen-bond donors (Lipinski definition) is 2. The summed E-state index contributed by atoms with van der Waals surface area (Å²) in [5.74, 6) is -2.02. The van der Waals surface area contributed by atoms with Gasteiger partial charge in [0.1, 0.15) is 0 Å². The quantitative estimate of drug-likeness (QED) is 0.904. The average Bonchev–Trinajstić information content (AvgIpc) is 2.92. The van der Waals surface area contributed by atoms with E-state index in [2.05, 4.69) is 5.32 Å². The Balaban J connectivity index is 1.58. The fourth-order valence-electron chi connectivity index (χ4n) is 3.07. The van der Waals surface area contributed by atoms with Gasteiger partial charge < -0.3 is 11.1 Å². The molecule has 2 aromatic carbocycles. The first kappa shape index (κ1) is 16.5. The number of nitrogens with two attached hydrogens (primary N) is 1. The molecule has 3 rings (SSSR count). The molecule has 0 aliphatic carbocycles. The van der Waals surface area contributed by atoms with Gasteiger partial charge in [-0.2, -0.15) is 0 Å². The number of likely N-dealkylation sites (tertiary alicyclic amines) is 1. The van der Waals surface area contributed by atoms with E-state index in [1.54, 1.807) is 0 Å². The first-order valence-electron chi connectivity index (χ1n) is 7.80. The van der Waals surface area contributed by atoms with Gasteiger partial charge in [0, 0.05) is 36.8 Å². The Kier molecular flexibility index (Phi) is 4.87. The van der Waals surface area contributed by atoms with Crippen LogP contribution in [0, 0.1) is 11.6 Å². The predicted octanol–water partition coefficient (Wildman–Crippen LogP) is 2.33. The van der Waals surface area contributed by atoms with Crippen LogP contribution < -0.4 is 11.1 Å². The highest BCUT2D eigenvalue weighted by Gasteiger charge is 2.31. The maximum atomic E-state index is 13.2. The van der Waals surface area contributed by atoms with Crippen LogP contribution in [0.3, 0.4) is 0 Å². The van der Waals surface area contributed by atoms with Crippen LogP contribution in [0.5, 0.6) is 0 Å². The second kappa shape index (κ2) is 7.07. The Bertz CT molecular complexity index is 723. The molecule has 0 saturated carbocycles. The van der Waals surface area contributed by atoms with Crippen molar-refractivity contribution >= 4 is 11.6 Å². The molecule has 1 aliphatic heterocycles. The zero-order valence-corrected chi connectivity index (χ0v) is 13.1. The number of benzene rings is 2. The summed E-state index contributed by atoms with van der Waals surface area (Å²) >= 11 is 0. The molecule has 1 amide bonds. The van der Waals surface area contributed by atoms with Gasteiger partial charge in [0.05, 0.1) is 6.54 Å². The molecule has 0 spiro atoms. The molecule has 0 aromatic heterocycles. The van der Waals surface area contributed by atoms with Crippen molar-refractivity contribution in [2.45, 2.75) is 12.0 Å². The van der Waals surface area contributed by atoms with Crippen molar-refractivity contribution in [3.8, 4) is 0 Å². The summed E-state index contributed by atoms with van der Waals surface area (Å²) in [7, 11) is 0. The van der Waals surface area contributed by atoms with E-state index in [0.717, 1.165) is 17.7 Å². The molecule has 6 heteroatoms. The lowest BCUT2D eigenvalue weighted by atomic mass is 9.95. The van der Waals surface area contributed by atoms with Gasteiger partial charge in [0.15, 0.2) is 11.6 Å². The second-order valence-electron chi connectivity index (χ2n) is 6.05. The lowest BCUT2D eigenvalue weighted by Gasteiger charge is -2.16. The summed E-state index contributed by atoms with van der Waals surface area (Å²) in [5, 5.41) is 2.58. The first-order valence-corrected chi connectivity index (χ1v) is 7.80. The molecular weight excluding hydrogens is 312 g/mol. The van der Waals surface area contributed by atoms with Crippen molar-refractivity contribution < 1.29 is 13.6 Å². The molecule has 1 saturated heterocycles. The van der Waals surface area contributed by atoms with Gasteiger partial charge in [0.25, 0.3) is 0 Å². The molecule has 0 unspecified atom stereocenters. The maximum absolute atomic E-state index is 13.2. The highest BCUT2D eigenvalue weighted by molar-refractivity contribution is 5.92. The number of carbonyl (C=O) groups is 1. The summed E-state index contributed by atoms with van der Waals surface area (Å²) < 4.78 is 26.1. The van der Waals surface area contributed by atoms with E-state index < -0.39 is 11.6 Å². The maximum Gasteiger partial charge on any atom is 0.238 e. The molecule has 2 aromatic rings.